The largest absolute Gasteiger partial charge is 0.493 e. The van der Waals surface area contributed by atoms with Gasteiger partial charge in [0, 0.05) is 72.1 Å². The van der Waals surface area contributed by atoms with Gasteiger partial charge in [-0.05, 0) is 179 Å². The number of amides is 1. The highest BCUT2D eigenvalue weighted by Crippen LogP contribution is 2.38. The van der Waals surface area contributed by atoms with Crippen molar-refractivity contribution in [3.05, 3.63) is 130 Å². The lowest BCUT2D eigenvalue weighted by molar-refractivity contribution is -0.148. The number of thiocarbonyl (C=S) groups is 1. The van der Waals surface area contributed by atoms with E-state index in [1.165, 1.54) is 21.9 Å². The van der Waals surface area contributed by atoms with E-state index in [1.807, 2.05) is 41.3 Å². The molecule has 2 unspecified atom stereocenters. The number of halogens is 2. The summed E-state index contributed by atoms with van der Waals surface area (Å²) in [4.78, 5) is 52.7. The number of carboxylic acid groups (broad SMARTS) is 2. The molecule has 4 saturated heterocycles. The van der Waals surface area contributed by atoms with Crippen LogP contribution in [0.5, 0.6) is 11.5 Å². The Labute approximate surface area is 453 Å². The topological polar surface area (TPSA) is 167 Å². The lowest BCUT2D eigenvalue weighted by Gasteiger charge is -2.42. The Morgan fingerprint density at radius 2 is 1.12 bits per heavy atom. The Hall–Kier alpha value is -6.10. The molecule has 396 valence electrons. The normalized spacial score (nSPS) is 18.7. The predicted molar refractivity (Wildman–Crippen MR) is 301 cm³/mol. The first kappa shape index (κ1) is 53.7. The number of ether oxygens (including phenoxy) is 2. The van der Waals surface area contributed by atoms with E-state index in [2.05, 4.69) is 78.8 Å². The number of piperidine rings is 4. The molecule has 17 heteroatoms. The fraction of sp³-hybridized carbons (Fsp3) is 0.414. The summed E-state index contributed by atoms with van der Waals surface area (Å²) in [5.41, 5.74) is 6.64. The third-order valence-electron chi connectivity index (χ3n) is 16.0. The van der Waals surface area contributed by atoms with Gasteiger partial charge < -0.3 is 44.8 Å². The van der Waals surface area contributed by atoms with Crippen LogP contribution in [0.2, 0.25) is 10.0 Å². The number of hydrogen-bond donors (Lipinski definition) is 5. The quantitative estimate of drug-likeness (QED) is 0.0550. The van der Waals surface area contributed by atoms with Gasteiger partial charge in [-0.3, -0.25) is 24.2 Å². The standard InChI is InChI=1S/C31H37N3O5.C27H30Cl2N4O2S/c1-38-27-9-7-21(19-28(27)39-2)8-10-29(35)33-15-13-23(14-16-33)30(31(36)37)34-17-11-22(12-18-34)25-20-32-26-6-4-3-5-24(25)26;28-22-6-5-19(15-23(22)29)31-27(36)33-13-9-18(10-14-33)25(26(34)35)32-11-7-17(8-12-32)21-16-30-24-4-2-1-3-20(21)24/h3-10,19-20,22-23,30,32H,11-18H2,1-2H3,(H,36,37);1-6,15-18,25,30H,7-14H2,(H,31,36)(H,34,35)/b10-8+;. The summed E-state index contributed by atoms with van der Waals surface area (Å²) in [7, 11) is 3.17. The lowest BCUT2D eigenvalue weighted by Crippen LogP contribution is -2.52. The van der Waals surface area contributed by atoms with Gasteiger partial charge in [0.1, 0.15) is 12.1 Å². The van der Waals surface area contributed by atoms with E-state index in [1.54, 1.807) is 38.5 Å². The van der Waals surface area contributed by atoms with Gasteiger partial charge >= 0.3 is 11.9 Å². The molecule has 2 atom stereocenters. The smallest absolute Gasteiger partial charge is 0.321 e. The maximum Gasteiger partial charge on any atom is 0.321 e. The number of para-hydroxylation sites is 2. The van der Waals surface area contributed by atoms with Crippen LogP contribution < -0.4 is 14.8 Å². The van der Waals surface area contributed by atoms with Crippen molar-refractivity contribution in [1.82, 2.24) is 29.6 Å². The van der Waals surface area contributed by atoms with Crippen LogP contribution in [0.4, 0.5) is 5.69 Å². The summed E-state index contributed by atoms with van der Waals surface area (Å²) in [5, 5.41) is 27.7. The zero-order valence-corrected chi connectivity index (χ0v) is 44.9. The summed E-state index contributed by atoms with van der Waals surface area (Å²) in [5.74, 6) is 0.754. The first-order chi connectivity index (χ1) is 36.4. The number of aromatic amines is 2. The molecule has 4 fully saturated rings. The number of anilines is 1. The molecule has 6 aromatic rings. The van der Waals surface area contributed by atoms with E-state index in [0.29, 0.717) is 64.4 Å². The Balaban J connectivity index is 0.000000184. The minimum atomic E-state index is -0.751. The van der Waals surface area contributed by atoms with E-state index in [0.717, 1.165) is 100 Å². The van der Waals surface area contributed by atoms with E-state index in [9.17, 15) is 24.6 Å². The second-order valence-electron chi connectivity index (χ2n) is 20.3. The maximum atomic E-state index is 12.9. The lowest BCUT2D eigenvalue weighted by atomic mass is 9.84. The number of nitrogens with zero attached hydrogens (tertiary/aromatic N) is 4. The Bertz CT molecular complexity index is 2990. The van der Waals surface area contributed by atoms with Crippen molar-refractivity contribution in [1.29, 1.82) is 0 Å². The van der Waals surface area contributed by atoms with Crippen molar-refractivity contribution in [3.63, 3.8) is 0 Å². The van der Waals surface area contributed by atoms with Crippen molar-refractivity contribution in [2.24, 2.45) is 11.8 Å². The van der Waals surface area contributed by atoms with Crippen molar-refractivity contribution in [3.8, 4) is 11.5 Å². The zero-order chi connectivity index (χ0) is 52.6. The Morgan fingerprint density at radius 3 is 1.60 bits per heavy atom. The Morgan fingerprint density at radius 1 is 0.627 bits per heavy atom. The van der Waals surface area contributed by atoms with Gasteiger partial charge in [-0.2, -0.15) is 0 Å². The van der Waals surface area contributed by atoms with Gasteiger partial charge in [0.25, 0.3) is 0 Å². The van der Waals surface area contributed by atoms with Gasteiger partial charge in [0.05, 0.1) is 24.3 Å². The molecule has 4 aromatic carbocycles. The number of benzene rings is 4. The van der Waals surface area contributed by atoms with Gasteiger partial charge in [0.2, 0.25) is 5.91 Å². The van der Waals surface area contributed by atoms with Crippen LogP contribution in [0.3, 0.4) is 0 Å². The maximum absolute atomic E-state index is 12.9. The first-order valence-electron chi connectivity index (χ1n) is 26.1. The fourth-order valence-electron chi connectivity index (χ4n) is 12.0. The molecule has 14 nitrogen and oxygen atoms in total. The van der Waals surface area contributed by atoms with Crippen molar-refractivity contribution in [2.75, 3.05) is 71.9 Å². The summed E-state index contributed by atoms with van der Waals surface area (Å²) in [6, 6.07) is 26.6. The molecule has 0 saturated carbocycles. The monoisotopic (exact) mass is 1080 g/mol. The minimum Gasteiger partial charge on any atom is -0.493 e. The van der Waals surface area contributed by atoms with Crippen LogP contribution in [0.25, 0.3) is 27.9 Å². The average molecular weight is 1080 g/mol. The number of carbonyl (C=O) groups excluding carboxylic acids is 1. The molecule has 5 N–H and O–H groups in total. The van der Waals surface area contributed by atoms with Crippen LogP contribution in [0, 0.1) is 11.8 Å². The molecule has 4 aliphatic heterocycles. The third-order valence-corrected chi connectivity index (χ3v) is 17.1. The van der Waals surface area contributed by atoms with Crippen LogP contribution in [-0.2, 0) is 14.4 Å². The number of H-pyrrole nitrogens is 2. The number of carbonyl (C=O) groups is 3. The zero-order valence-electron chi connectivity index (χ0n) is 42.6. The first-order valence-corrected chi connectivity index (χ1v) is 27.3. The van der Waals surface area contributed by atoms with E-state index in [4.69, 9.17) is 44.9 Å². The molecule has 0 spiro atoms. The molecule has 0 bridgehead atoms. The SMILES string of the molecule is COc1ccc(/C=C/C(=O)N2CCC(C(C(=O)O)N3CCC(c4c[nH]c5ccccc45)CC3)CC2)cc1OC.O=C(O)C(C1CCN(C(=S)Nc2ccc(Cl)c(Cl)c2)CC1)N1CCC(c2c[nH]c3ccccc23)CC1. The molecule has 1 amide bonds. The average Bonchev–Trinajstić information content (AvgIpc) is 4.07. The number of fused-ring (bicyclic) bond motifs is 2. The molecule has 0 radical (unpaired) electrons. The van der Waals surface area contributed by atoms with Crippen molar-refractivity contribution < 1.29 is 34.1 Å². The molecule has 75 heavy (non-hydrogen) atoms. The van der Waals surface area contributed by atoms with E-state index >= 15 is 0 Å². The predicted octanol–water partition coefficient (Wildman–Crippen LogP) is 11.0. The van der Waals surface area contributed by atoms with Gasteiger partial charge in [0.15, 0.2) is 16.6 Å². The Kier molecular flexibility index (Phi) is 17.7. The fourth-order valence-corrected chi connectivity index (χ4v) is 12.6. The number of methoxy groups -OCH3 is 2. The second-order valence-corrected chi connectivity index (χ2v) is 21.5. The van der Waals surface area contributed by atoms with Crippen molar-refractivity contribution >= 4 is 91.9 Å². The van der Waals surface area contributed by atoms with E-state index in [-0.39, 0.29) is 17.7 Å². The van der Waals surface area contributed by atoms with Gasteiger partial charge in [-0.1, -0.05) is 65.7 Å². The number of likely N-dealkylation sites (tertiary alicyclic amines) is 4. The highest BCUT2D eigenvalue weighted by Gasteiger charge is 2.40. The van der Waals surface area contributed by atoms with E-state index < -0.39 is 24.0 Å². The summed E-state index contributed by atoms with van der Waals surface area (Å²) in [6.45, 7) is 5.74. The molecule has 0 aliphatic carbocycles. The summed E-state index contributed by atoms with van der Waals surface area (Å²) in [6.07, 6.45) is 14.4. The van der Waals surface area contributed by atoms with Crippen LogP contribution in [0.15, 0.2) is 103 Å². The molecule has 10 rings (SSSR count). The van der Waals surface area contributed by atoms with Gasteiger partial charge in [-0.15, -0.1) is 0 Å². The van der Waals surface area contributed by atoms with Crippen LogP contribution in [-0.4, -0.2) is 141 Å². The summed E-state index contributed by atoms with van der Waals surface area (Å²) < 4.78 is 10.6. The number of carboxylic acids is 2. The highest BCUT2D eigenvalue weighted by atomic mass is 35.5. The van der Waals surface area contributed by atoms with Crippen LogP contribution in [0.1, 0.15) is 79.9 Å². The number of aromatic nitrogens is 2. The molecule has 6 heterocycles. The van der Waals surface area contributed by atoms with Crippen molar-refractivity contribution in [2.45, 2.75) is 75.3 Å². The second kappa shape index (κ2) is 24.7. The molecule has 2 aromatic heterocycles. The number of aliphatic carboxylic acids is 2. The minimum absolute atomic E-state index is 0.0333. The number of hydrogen-bond acceptors (Lipinski definition) is 8. The van der Waals surface area contributed by atoms with Crippen LogP contribution >= 0.6 is 35.4 Å². The third kappa shape index (κ3) is 12.6. The number of rotatable bonds is 13. The highest BCUT2D eigenvalue weighted by molar-refractivity contribution is 7.80. The summed E-state index contributed by atoms with van der Waals surface area (Å²) >= 11 is 17.7. The molecule has 4 aliphatic rings. The molecular formula is C58H67Cl2N7O7S. The number of nitrogens with one attached hydrogen (secondary N) is 3. The van der Waals surface area contributed by atoms with Gasteiger partial charge in [-0.25, -0.2) is 0 Å². The molecular weight excluding hydrogens is 1010 g/mol.